The molecule has 1 N–H and O–H groups in total. The van der Waals surface area contributed by atoms with E-state index >= 15 is 0 Å². The zero-order valence-corrected chi connectivity index (χ0v) is 16.1. The van der Waals surface area contributed by atoms with Gasteiger partial charge in [0.15, 0.2) is 0 Å². The molecule has 0 spiro atoms. The van der Waals surface area contributed by atoms with Gasteiger partial charge in [0, 0.05) is 18.6 Å². The van der Waals surface area contributed by atoms with Crippen molar-refractivity contribution in [3.05, 3.63) is 50.8 Å². The van der Waals surface area contributed by atoms with Gasteiger partial charge in [-0.1, -0.05) is 29.8 Å². The number of sulfonamides is 1. The molecule has 1 heterocycles. The Hall–Kier alpha value is -0.930. The fourth-order valence-corrected chi connectivity index (χ4v) is 5.32. The minimum absolute atomic E-state index is 0.186. The third-order valence-corrected chi connectivity index (χ3v) is 7.28. The van der Waals surface area contributed by atoms with Gasteiger partial charge in [0.2, 0.25) is 5.91 Å². The lowest BCUT2D eigenvalue weighted by Gasteiger charge is -2.15. The Morgan fingerprint density at radius 1 is 1.30 bits per heavy atom. The lowest BCUT2D eigenvalue weighted by atomic mass is 10.2. The number of nitrogens with zero attached hydrogens (tertiary/aromatic N) is 1. The van der Waals surface area contributed by atoms with Crippen molar-refractivity contribution < 1.29 is 13.2 Å². The maximum Gasteiger partial charge on any atom is 0.252 e. The van der Waals surface area contributed by atoms with Crippen molar-refractivity contribution >= 4 is 54.8 Å². The van der Waals surface area contributed by atoms with E-state index in [1.165, 1.54) is 13.1 Å². The van der Waals surface area contributed by atoms with E-state index in [-0.39, 0.29) is 17.3 Å². The van der Waals surface area contributed by atoms with Crippen LogP contribution in [0.4, 0.5) is 0 Å². The molecule has 2 aromatic rings. The highest BCUT2D eigenvalue weighted by Crippen LogP contribution is 2.27. The van der Waals surface area contributed by atoms with Crippen molar-refractivity contribution in [1.29, 1.82) is 0 Å². The van der Waals surface area contributed by atoms with Crippen LogP contribution in [0.2, 0.25) is 5.02 Å². The molecule has 9 heteroatoms. The molecule has 0 radical (unpaired) electrons. The molecule has 2 rings (SSSR count). The Morgan fingerprint density at radius 2 is 2.00 bits per heavy atom. The quantitative estimate of drug-likeness (QED) is 0.755. The third-order valence-electron chi connectivity index (χ3n) is 3.01. The topological polar surface area (TPSA) is 66.5 Å². The largest absolute Gasteiger partial charge is 0.351 e. The van der Waals surface area contributed by atoms with Gasteiger partial charge in [-0.15, -0.1) is 11.3 Å². The van der Waals surface area contributed by atoms with Gasteiger partial charge in [-0.05, 0) is 39.7 Å². The number of carbonyl (C=O) groups is 1. The van der Waals surface area contributed by atoms with Gasteiger partial charge < -0.3 is 5.32 Å². The molecule has 1 aromatic carbocycles. The maximum atomic E-state index is 12.3. The molecule has 1 aromatic heterocycles. The lowest BCUT2D eigenvalue weighted by Crippen LogP contribution is -2.37. The summed E-state index contributed by atoms with van der Waals surface area (Å²) in [6, 6.07) is 10.3. The fourth-order valence-electron chi connectivity index (χ4n) is 1.77. The van der Waals surface area contributed by atoms with Crippen LogP contribution in [0, 0.1) is 0 Å². The predicted octanol–water partition coefficient (Wildman–Crippen LogP) is 3.10. The van der Waals surface area contributed by atoms with Crippen molar-refractivity contribution in [2.45, 2.75) is 10.8 Å². The zero-order chi connectivity index (χ0) is 17.0. The number of amides is 1. The Labute approximate surface area is 152 Å². The van der Waals surface area contributed by atoms with E-state index in [0.29, 0.717) is 8.81 Å². The summed E-state index contributed by atoms with van der Waals surface area (Å²) in [6.45, 7) is -0.0146. The standard InChI is InChI=1S/C14H14BrClN2O3S2/c1-18(23(20,21)14-7-6-12(15)22-14)9-13(19)17-8-10-4-2-3-5-11(10)16/h2-7H,8-9H2,1H3,(H,17,19). The van der Waals surface area contributed by atoms with Gasteiger partial charge in [0.05, 0.1) is 10.3 Å². The molecule has 0 unspecified atom stereocenters. The molecule has 23 heavy (non-hydrogen) atoms. The third kappa shape index (κ3) is 4.77. The number of likely N-dealkylation sites (N-methyl/N-ethyl adjacent to an activating group) is 1. The number of hydrogen-bond donors (Lipinski definition) is 1. The van der Waals surface area contributed by atoms with Crippen molar-refractivity contribution in [2.75, 3.05) is 13.6 Å². The predicted molar refractivity (Wildman–Crippen MR) is 95.1 cm³/mol. The molecule has 1 amide bonds. The SMILES string of the molecule is CN(CC(=O)NCc1ccccc1Cl)S(=O)(=O)c1ccc(Br)s1. The second kappa shape index (κ2) is 7.76. The second-order valence-electron chi connectivity index (χ2n) is 4.69. The molecule has 0 saturated carbocycles. The Morgan fingerprint density at radius 3 is 2.61 bits per heavy atom. The number of nitrogens with one attached hydrogen (secondary N) is 1. The van der Waals surface area contributed by atoms with Gasteiger partial charge >= 0.3 is 0 Å². The summed E-state index contributed by atoms with van der Waals surface area (Å²) in [5, 5.41) is 3.22. The Balaban J connectivity index is 1.96. The van der Waals surface area contributed by atoms with Crippen LogP contribution in [0.15, 0.2) is 44.4 Å². The monoisotopic (exact) mass is 436 g/mol. The van der Waals surface area contributed by atoms with E-state index in [2.05, 4.69) is 21.2 Å². The van der Waals surface area contributed by atoms with Gasteiger partial charge in [-0.25, -0.2) is 8.42 Å². The highest BCUT2D eigenvalue weighted by Gasteiger charge is 2.24. The molecule has 124 valence electrons. The van der Waals surface area contributed by atoms with Crippen molar-refractivity contribution in [2.24, 2.45) is 0 Å². The minimum atomic E-state index is -3.67. The van der Waals surface area contributed by atoms with Gasteiger partial charge in [-0.2, -0.15) is 4.31 Å². The molecule has 5 nitrogen and oxygen atoms in total. The molecule has 0 saturated heterocycles. The van der Waals surface area contributed by atoms with E-state index in [0.717, 1.165) is 21.2 Å². The van der Waals surface area contributed by atoms with E-state index in [9.17, 15) is 13.2 Å². The summed E-state index contributed by atoms with van der Waals surface area (Å²) in [7, 11) is -2.30. The lowest BCUT2D eigenvalue weighted by molar-refractivity contribution is -0.121. The first-order chi connectivity index (χ1) is 10.8. The molecule has 0 bridgehead atoms. The Kier molecular flexibility index (Phi) is 6.21. The average molecular weight is 438 g/mol. The molecule has 0 fully saturated rings. The maximum absolute atomic E-state index is 12.3. The highest BCUT2D eigenvalue weighted by atomic mass is 79.9. The number of rotatable bonds is 6. The highest BCUT2D eigenvalue weighted by molar-refractivity contribution is 9.11. The number of carbonyl (C=O) groups excluding carboxylic acids is 1. The summed E-state index contributed by atoms with van der Waals surface area (Å²) in [4.78, 5) is 12.0. The van der Waals surface area contributed by atoms with Crippen LogP contribution >= 0.6 is 38.9 Å². The summed E-state index contributed by atoms with van der Waals surface area (Å²) in [6.07, 6.45) is 0. The molecule has 0 aliphatic rings. The van der Waals surface area contributed by atoms with Gasteiger partial charge in [0.25, 0.3) is 10.0 Å². The summed E-state index contributed by atoms with van der Waals surface area (Å²) >= 11 is 10.3. The zero-order valence-electron chi connectivity index (χ0n) is 12.1. The van der Waals surface area contributed by atoms with E-state index in [1.807, 2.05) is 6.07 Å². The number of hydrogen-bond acceptors (Lipinski definition) is 4. The van der Waals surface area contributed by atoms with Crippen LogP contribution in [0.5, 0.6) is 0 Å². The number of thiophene rings is 1. The average Bonchev–Trinajstić information content (AvgIpc) is 2.93. The van der Waals surface area contributed by atoms with Gasteiger partial charge in [0.1, 0.15) is 4.21 Å². The minimum Gasteiger partial charge on any atom is -0.351 e. The van der Waals surface area contributed by atoms with Gasteiger partial charge in [-0.3, -0.25) is 4.79 Å². The molecular formula is C14H14BrClN2O3S2. The number of benzene rings is 1. The second-order valence-corrected chi connectivity index (χ2v) is 9.83. The first-order valence-electron chi connectivity index (χ1n) is 6.52. The van der Waals surface area contributed by atoms with E-state index in [1.54, 1.807) is 24.3 Å². The Bertz CT molecular complexity index is 808. The smallest absolute Gasteiger partial charge is 0.252 e. The molecule has 0 atom stereocenters. The van der Waals surface area contributed by atoms with Crippen molar-refractivity contribution in [3.8, 4) is 0 Å². The molecule has 0 aliphatic carbocycles. The molecular weight excluding hydrogens is 424 g/mol. The summed E-state index contributed by atoms with van der Waals surface area (Å²) in [5.41, 5.74) is 0.773. The normalized spacial score (nSPS) is 11.7. The van der Waals surface area contributed by atoms with Crippen LogP contribution in [0.25, 0.3) is 0 Å². The van der Waals surface area contributed by atoms with Crippen LogP contribution in [-0.4, -0.2) is 32.2 Å². The van der Waals surface area contributed by atoms with Crippen LogP contribution in [0.1, 0.15) is 5.56 Å². The first-order valence-corrected chi connectivity index (χ1v) is 9.95. The molecule has 0 aliphatic heterocycles. The van der Waals surface area contributed by atoms with Crippen molar-refractivity contribution in [3.63, 3.8) is 0 Å². The fraction of sp³-hybridized carbons (Fsp3) is 0.214. The van der Waals surface area contributed by atoms with E-state index in [4.69, 9.17) is 11.6 Å². The first kappa shape index (κ1) is 18.4. The number of halogens is 2. The summed E-state index contributed by atoms with van der Waals surface area (Å²) in [5.74, 6) is -0.397. The van der Waals surface area contributed by atoms with Crippen LogP contribution in [-0.2, 0) is 21.4 Å². The van der Waals surface area contributed by atoms with Crippen LogP contribution < -0.4 is 5.32 Å². The van der Waals surface area contributed by atoms with E-state index < -0.39 is 15.9 Å². The van der Waals surface area contributed by atoms with Crippen molar-refractivity contribution in [1.82, 2.24) is 9.62 Å². The van der Waals surface area contributed by atoms with Crippen LogP contribution in [0.3, 0.4) is 0 Å². The summed E-state index contributed by atoms with van der Waals surface area (Å²) < 4.78 is 26.6.